The van der Waals surface area contributed by atoms with Crippen molar-refractivity contribution in [1.82, 2.24) is 9.97 Å². The second-order valence-corrected chi connectivity index (χ2v) is 3.64. The number of aliphatic hydroxyl groups is 1. The van der Waals surface area contributed by atoms with Crippen LogP contribution >= 0.6 is 11.6 Å². The van der Waals surface area contributed by atoms with Crippen molar-refractivity contribution in [2.75, 3.05) is 0 Å². The second kappa shape index (κ2) is 3.20. The molecule has 1 heterocycles. The Hall–Kier alpha value is -0.740. The van der Waals surface area contributed by atoms with Gasteiger partial charge in [0.05, 0.1) is 5.69 Å². The molecule has 3 nitrogen and oxygen atoms in total. The zero-order valence-electron chi connectivity index (χ0n) is 7.60. The lowest BCUT2D eigenvalue weighted by Crippen LogP contribution is -2.21. The van der Waals surface area contributed by atoms with Gasteiger partial charge in [-0.05, 0) is 32.4 Å². The summed E-state index contributed by atoms with van der Waals surface area (Å²) in [5.74, 6) is -0.614. The first-order valence-electron chi connectivity index (χ1n) is 3.75. The zero-order chi connectivity index (χ0) is 10.2. The van der Waals surface area contributed by atoms with Crippen LogP contribution in [0.4, 0.5) is 4.39 Å². The van der Waals surface area contributed by atoms with Gasteiger partial charge in [0, 0.05) is 0 Å². The Balaban J connectivity index is 3.37. The van der Waals surface area contributed by atoms with Crippen LogP contribution in [0.5, 0.6) is 0 Å². The van der Waals surface area contributed by atoms with Gasteiger partial charge in [-0.2, -0.15) is 0 Å². The summed E-state index contributed by atoms with van der Waals surface area (Å²) in [4.78, 5) is 7.25. The third-order valence-electron chi connectivity index (χ3n) is 1.57. The van der Waals surface area contributed by atoms with Crippen LogP contribution in [-0.2, 0) is 5.60 Å². The standard InChI is InChI=1S/C8H10ClFN2O/c1-4-5(10)6(8(2,3)13)12-7(9)11-4/h13H,1-3H3. The van der Waals surface area contributed by atoms with Crippen molar-refractivity contribution in [3.63, 3.8) is 0 Å². The second-order valence-electron chi connectivity index (χ2n) is 3.30. The molecule has 1 N–H and O–H groups in total. The molecule has 1 aromatic rings. The number of hydrogen-bond acceptors (Lipinski definition) is 3. The summed E-state index contributed by atoms with van der Waals surface area (Å²) in [5.41, 5.74) is -1.29. The molecule has 0 aliphatic rings. The Morgan fingerprint density at radius 1 is 1.38 bits per heavy atom. The van der Waals surface area contributed by atoms with Gasteiger partial charge < -0.3 is 5.11 Å². The summed E-state index contributed by atoms with van der Waals surface area (Å²) in [6, 6.07) is 0. The van der Waals surface area contributed by atoms with Crippen LogP contribution in [0.1, 0.15) is 25.2 Å². The van der Waals surface area contributed by atoms with Gasteiger partial charge in [-0.25, -0.2) is 14.4 Å². The van der Waals surface area contributed by atoms with E-state index in [0.29, 0.717) is 0 Å². The van der Waals surface area contributed by atoms with Crippen molar-refractivity contribution in [1.29, 1.82) is 0 Å². The summed E-state index contributed by atoms with van der Waals surface area (Å²) in [5, 5.41) is 9.47. The Kier molecular flexibility index (Phi) is 2.54. The first kappa shape index (κ1) is 10.3. The van der Waals surface area contributed by atoms with Gasteiger partial charge in [0.2, 0.25) is 5.28 Å². The van der Waals surface area contributed by atoms with Gasteiger partial charge in [-0.3, -0.25) is 0 Å². The Labute approximate surface area is 80.6 Å². The molecular weight excluding hydrogens is 195 g/mol. The van der Waals surface area contributed by atoms with Crippen molar-refractivity contribution >= 4 is 11.6 Å². The maximum absolute atomic E-state index is 13.3. The molecule has 0 fully saturated rings. The number of hydrogen-bond donors (Lipinski definition) is 1. The van der Waals surface area contributed by atoms with Crippen molar-refractivity contribution in [2.45, 2.75) is 26.4 Å². The minimum atomic E-state index is -1.35. The number of aromatic nitrogens is 2. The Morgan fingerprint density at radius 2 is 1.92 bits per heavy atom. The third kappa shape index (κ3) is 2.14. The molecule has 0 unspecified atom stereocenters. The number of nitrogens with zero attached hydrogens (tertiary/aromatic N) is 2. The number of aryl methyl sites for hydroxylation is 1. The van der Waals surface area contributed by atoms with Crippen LogP contribution < -0.4 is 0 Å². The van der Waals surface area contributed by atoms with Crippen LogP contribution in [0.2, 0.25) is 5.28 Å². The molecule has 72 valence electrons. The third-order valence-corrected chi connectivity index (χ3v) is 1.74. The van der Waals surface area contributed by atoms with Gasteiger partial charge in [-0.1, -0.05) is 0 Å². The molecule has 1 rings (SSSR count). The van der Waals surface area contributed by atoms with Crippen LogP contribution in [0.25, 0.3) is 0 Å². The van der Waals surface area contributed by atoms with E-state index < -0.39 is 11.4 Å². The summed E-state index contributed by atoms with van der Waals surface area (Å²) >= 11 is 5.53. The normalized spacial score (nSPS) is 11.8. The van der Waals surface area contributed by atoms with Gasteiger partial charge in [0.25, 0.3) is 0 Å². The lowest BCUT2D eigenvalue weighted by atomic mass is 10.0. The van der Waals surface area contributed by atoms with Crippen molar-refractivity contribution < 1.29 is 9.50 Å². The predicted octanol–water partition coefficient (Wildman–Crippen LogP) is 1.80. The highest BCUT2D eigenvalue weighted by Gasteiger charge is 2.24. The average Bonchev–Trinajstić information content (AvgIpc) is 1.94. The highest BCUT2D eigenvalue weighted by molar-refractivity contribution is 6.28. The summed E-state index contributed by atoms with van der Waals surface area (Å²) in [6.07, 6.45) is 0. The topological polar surface area (TPSA) is 46.0 Å². The molecule has 1 aromatic heterocycles. The summed E-state index contributed by atoms with van der Waals surface area (Å²) < 4.78 is 13.3. The molecule has 0 radical (unpaired) electrons. The fourth-order valence-electron chi connectivity index (χ4n) is 0.931. The van der Waals surface area contributed by atoms with E-state index in [-0.39, 0.29) is 16.7 Å². The molecule has 0 saturated heterocycles. The molecule has 13 heavy (non-hydrogen) atoms. The molecule has 0 saturated carbocycles. The number of rotatable bonds is 1. The van der Waals surface area contributed by atoms with Crippen LogP contribution in [0.3, 0.4) is 0 Å². The minimum absolute atomic E-state index is 0.0592. The van der Waals surface area contributed by atoms with Gasteiger partial charge in [0.15, 0.2) is 5.82 Å². The predicted molar refractivity (Wildman–Crippen MR) is 47.0 cm³/mol. The maximum atomic E-state index is 13.3. The largest absolute Gasteiger partial charge is 0.384 e. The monoisotopic (exact) mass is 204 g/mol. The Morgan fingerprint density at radius 3 is 2.38 bits per heavy atom. The van der Waals surface area contributed by atoms with Crippen LogP contribution in [0.15, 0.2) is 0 Å². The van der Waals surface area contributed by atoms with E-state index in [1.807, 2.05) is 0 Å². The fourth-order valence-corrected chi connectivity index (χ4v) is 1.14. The Bertz CT molecular complexity index is 336. The highest BCUT2D eigenvalue weighted by Crippen LogP contribution is 2.22. The molecule has 5 heteroatoms. The lowest BCUT2D eigenvalue weighted by Gasteiger charge is -2.17. The van der Waals surface area contributed by atoms with Gasteiger partial charge >= 0.3 is 0 Å². The first-order chi connectivity index (χ1) is 5.82. The molecule has 0 atom stereocenters. The SMILES string of the molecule is Cc1nc(Cl)nc(C(C)(C)O)c1F. The van der Waals surface area contributed by atoms with Crippen molar-refractivity contribution in [3.8, 4) is 0 Å². The van der Waals surface area contributed by atoms with E-state index in [4.69, 9.17) is 11.6 Å². The quantitative estimate of drug-likeness (QED) is 0.710. The van der Waals surface area contributed by atoms with Gasteiger partial charge in [0.1, 0.15) is 11.3 Å². The van der Waals surface area contributed by atoms with Crippen molar-refractivity contribution in [2.24, 2.45) is 0 Å². The van der Waals surface area contributed by atoms with Crippen LogP contribution in [0, 0.1) is 12.7 Å². The van der Waals surface area contributed by atoms with E-state index in [1.165, 1.54) is 20.8 Å². The molecule has 0 aliphatic heterocycles. The average molecular weight is 205 g/mol. The smallest absolute Gasteiger partial charge is 0.223 e. The minimum Gasteiger partial charge on any atom is -0.384 e. The molecule has 0 amide bonds. The number of halogens is 2. The van der Waals surface area contributed by atoms with E-state index in [1.54, 1.807) is 0 Å². The maximum Gasteiger partial charge on any atom is 0.223 e. The zero-order valence-corrected chi connectivity index (χ0v) is 8.35. The van der Waals surface area contributed by atoms with Crippen molar-refractivity contribution in [3.05, 3.63) is 22.5 Å². The highest BCUT2D eigenvalue weighted by atomic mass is 35.5. The summed E-state index contributed by atoms with van der Waals surface area (Å²) in [7, 11) is 0. The molecule has 0 spiro atoms. The summed E-state index contributed by atoms with van der Waals surface area (Å²) in [6.45, 7) is 4.35. The first-order valence-corrected chi connectivity index (χ1v) is 4.12. The molecule has 0 aromatic carbocycles. The lowest BCUT2D eigenvalue weighted by molar-refractivity contribution is 0.0690. The van der Waals surface area contributed by atoms with Crippen LogP contribution in [-0.4, -0.2) is 15.1 Å². The van der Waals surface area contributed by atoms with E-state index in [0.717, 1.165) is 0 Å². The van der Waals surface area contributed by atoms with E-state index >= 15 is 0 Å². The van der Waals surface area contributed by atoms with E-state index in [2.05, 4.69) is 9.97 Å². The molecular formula is C8H10ClFN2O. The molecule has 0 aliphatic carbocycles. The molecule has 0 bridgehead atoms. The fraction of sp³-hybridized carbons (Fsp3) is 0.500. The van der Waals surface area contributed by atoms with Gasteiger partial charge in [-0.15, -0.1) is 0 Å². The van der Waals surface area contributed by atoms with E-state index in [9.17, 15) is 9.50 Å².